The summed E-state index contributed by atoms with van der Waals surface area (Å²) in [7, 11) is -3.78. The minimum Gasteiger partial charge on any atom is -0.364 e. The van der Waals surface area contributed by atoms with E-state index < -0.39 is 14.9 Å². The Morgan fingerprint density at radius 1 is 1.07 bits per heavy atom. The Morgan fingerprint density at radius 3 is 2.53 bits per heavy atom. The zero-order valence-corrected chi connectivity index (χ0v) is 18.4. The number of benzene rings is 1. The van der Waals surface area contributed by atoms with Gasteiger partial charge in [-0.05, 0) is 69.5 Å². The molecule has 0 radical (unpaired) electrons. The molecule has 2 heterocycles. The van der Waals surface area contributed by atoms with Gasteiger partial charge in [-0.1, -0.05) is 6.92 Å². The number of hydrogen-bond acceptors (Lipinski definition) is 6. The third-order valence-electron chi connectivity index (χ3n) is 6.94. The van der Waals surface area contributed by atoms with E-state index in [1.807, 2.05) is 0 Å². The molecule has 30 heavy (non-hydrogen) atoms. The van der Waals surface area contributed by atoms with E-state index in [4.69, 9.17) is 0 Å². The van der Waals surface area contributed by atoms with Crippen LogP contribution in [0.1, 0.15) is 51.9 Å². The molecule has 9 heteroatoms. The van der Waals surface area contributed by atoms with Crippen LogP contribution in [-0.2, 0) is 10.0 Å². The third-order valence-corrected chi connectivity index (χ3v) is 8.45. The van der Waals surface area contributed by atoms with E-state index >= 15 is 0 Å². The second kappa shape index (κ2) is 8.80. The lowest BCUT2D eigenvalue weighted by Gasteiger charge is -2.28. The highest BCUT2D eigenvalue weighted by atomic mass is 32.2. The van der Waals surface area contributed by atoms with E-state index in [9.17, 15) is 18.5 Å². The number of nitro groups is 1. The Balaban J connectivity index is 1.56. The van der Waals surface area contributed by atoms with Gasteiger partial charge in [0.05, 0.1) is 9.82 Å². The van der Waals surface area contributed by atoms with Crippen molar-refractivity contribution in [3.05, 3.63) is 28.3 Å². The first kappa shape index (κ1) is 21.5. The van der Waals surface area contributed by atoms with Crippen molar-refractivity contribution >= 4 is 21.4 Å². The average molecular weight is 437 g/mol. The van der Waals surface area contributed by atoms with Gasteiger partial charge in [0.25, 0.3) is 5.69 Å². The molecule has 2 aliphatic heterocycles. The summed E-state index contributed by atoms with van der Waals surface area (Å²) >= 11 is 0. The first-order chi connectivity index (χ1) is 14.3. The highest BCUT2D eigenvalue weighted by Crippen LogP contribution is 2.34. The molecule has 1 atom stereocenters. The van der Waals surface area contributed by atoms with Crippen molar-refractivity contribution < 1.29 is 13.3 Å². The van der Waals surface area contributed by atoms with Crippen molar-refractivity contribution in [2.24, 2.45) is 5.92 Å². The average Bonchev–Trinajstić information content (AvgIpc) is 3.05. The molecule has 3 fully saturated rings. The van der Waals surface area contributed by atoms with E-state index in [1.54, 1.807) is 6.07 Å². The molecule has 4 rings (SSSR count). The summed E-state index contributed by atoms with van der Waals surface area (Å²) < 4.78 is 28.6. The molecule has 0 aromatic heterocycles. The van der Waals surface area contributed by atoms with E-state index in [0.717, 1.165) is 64.7 Å². The van der Waals surface area contributed by atoms with Gasteiger partial charge in [0.2, 0.25) is 10.0 Å². The van der Waals surface area contributed by atoms with Crippen molar-refractivity contribution in [1.82, 2.24) is 9.62 Å². The van der Waals surface area contributed by atoms with Crippen LogP contribution in [0.25, 0.3) is 0 Å². The van der Waals surface area contributed by atoms with Crippen LogP contribution in [-0.4, -0.2) is 56.5 Å². The Morgan fingerprint density at radius 2 is 1.80 bits per heavy atom. The zero-order valence-electron chi connectivity index (χ0n) is 17.6. The van der Waals surface area contributed by atoms with Crippen LogP contribution in [0, 0.1) is 16.0 Å². The molecule has 1 aliphatic carbocycles. The molecule has 0 amide bonds. The quantitative estimate of drug-likeness (QED) is 0.563. The van der Waals surface area contributed by atoms with Gasteiger partial charge in [-0.25, -0.2) is 13.1 Å². The van der Waals surface area contributed by atoms with Crippen molar-refractivity contribution in [2.75, 3.05) is 31.1 Å². The van der Waals surface area contributed by atoms with Crippen LogP contribution in [0.4, 0.5) is 11.4 Å². The summed E-state index contributed by atoms with van der Waals surface area (Å²) in [4.78, 5) is 15.9. The number of anilines is 1. The molecule has 0 bridgehead atoms. The minimum atomic E-state index is -3.78. The van der Waals surface area contributed by atoms with E-state index in [1.165, 1.54) is 18.6 Å². The molecule has 2 saturated heterocycles. The Kier molecular flexibility index (Phi) is 6.31. The maximum absolute atomic E-state index is 12.9. The lowest BCUT2D eigenvalue weighted by atomic mass is 9.88. The van der Waals surface area contributed by atoms with Gasteiger partial charge in [-0.2, -0.15) is 0 Å². The van der Waals surface area contributed by atoms with Gasteiger partial charge in [0, 0.05) is 37.8 Å². The first-order valence-electron chi connectivity index (χ1n) is 11.1. The number of nitro benzene ring substituents is 1. The maximum atomic E-state index is 12.9. The molecule has 8 nitrogen and oxygen atoms in total. The molecule has 1 saturated carbocycles. The molecular formula is C21H32N4O4S. The van der Waals surface area contributed by atoms with Gasteiger partial charge in [0.15, 0.2) is 0 Å². The Hall–Kier alpha value is -1.71. The summed E-state index contributed by atoms with van der Waals surface area (Å²) in [6, 6.07) is 4.71. The van der Waals surface area contributed by atoms with E-state index in [0.29, 0.717) is 17.6 Å². The van der Waals surface area contributed by atoms with Crippen LogP contribution in [0.5, 0.6) is 0 Å². The fourth-order valence-electron chi connectivity index (χ4n) is 5.17. The molecule has 1 aromatic rings. The lowest BCUT2D eigenvalue weighted by molar-refractivity contribution is -0.384. The van der Waals surface area contributed by atoms with Crippen molar-refractivity contribution in [1.29, 1.82) is 0 Å². The molecule has 1 unspecified atom stereocenters. The van der Waals surface area contributed by atoms with Gasteiger partial charge in [0.1, 0.15) is 5.69 Å². The molecule has 3 aliphatic rings. The highest BCUT2D eigenvalue weighted by molar-refractivity contribution is 7.89. The van der Waals surface area contributed by atoms with Crippen molar-refractivity contribution in [3.63, 3.8) is 0 Å². The summed E-state index contributed by atoms with van der Waals surface area (Å²) in [6.45, 7) is 5.80. The smallest absolute Gasteiger partial charge is 0.293 e. The summed E-state index contributed by atoms with van der Waals surface area (Å²) in [5.74, 6) is 0.621. The highest BCUT2D eigenvalue weighted by Gasteiger charge is 2.32. The number of fused-ring (bicyclic) bond motifs is 1. The Bertz CT molecular complexity index is 883. The Labute approximate surface area is 178 Å². The van der Waals surface area contributed by atoms with E-state index in [2.05, 4.69) is 21.4 Å². The second-order valence-corrected chi connectivity index (χ2v) is 10.8. The molecule has 1 N–H and O–H groups in total. The van der Waals surface area contributed by atoms with E-state index in [-0.39, 0.29) is 16.6 Å². The zero-order chi connectivity index (χ0) is 21.3. The SMILES string of the molecule is CC1CCC(NS(=O)(=O)c2ccc(N3CCCN4CCCC4C3)c([N+](=O)[O-])c2)CC1. The second-order valence-electron chi connectivity index (χ2n) is 9.12. The number of nitrogens with zero attached hydrogens (tertiary/aromatic N) is 3. The monoisotopic (exact) mass is 436 g/mol. The summed E-state index contributed by atoms with van der Waals surface area (Å²) in [6.07, 6.45) is 6.86. The maximum Gasteiger partial charge on any atom is 0.293 e. The van der Waals surface area contributed by atoms with Crippen LogP contribution < -0.4 is 9.62 Å². The van der Waals surface area contributed by atoms with Crippen molar-refractivity contribution in [2.45, 2.75) is 68.8 Å². The predicted octanol–water partition coefficient (Wildman–Crippen LogP) is 3.13. The summed E-state index contributed by atoms with van der Waals surface area (Å²) in [5.41, 5.74) is 0.403. The topological polar surface area (TPSA) is 95.8 Å². The van der Waals surface area contributed by atoms with Crippen LogP contribution >= 0.6 is 0 Å². The van der Waals surface area contributed by atoms with Crippen LogP contribution in [0.2, 0.25) is 0 Å². The largest absolute Gasteiger partial charge is 0.364 e. The van der Waals surface area contributed by atoms with Crippen LogP contribution in [0.3, 0.4) is 0 Å². The number of rotatable bonds is 5. The minimum absolute atomic E-state index is 0.0195. The normalized spacial score (nSPS) is 28.2. The van der Waals surface area contributed by atoms with Crippen molar-refractivity contribution in [3.8, 4) is 0 Å². The number of nitrogens with one attached hydrogen (secondary N) is 1. The fourth-order valence-corrected chi connectivity index (χ4v) is 6.50. The molecule has 1 aromatic carbocycles. The summed E-state index contributed by atoms with van der Waals surface area (Å²) in [5, 5.41) is 11.8. The number of sulfonamides is 1. The van der Waals surface area contributed by atoms with Gasteiger partial charge >= 0.3 is 0 Å². The number of hydrogen-bond donors (Lipinski definition) is 1. The van der Waals surface area contributed by atoms with Gasteiger partial charge in [-0.15, -0.1) is 0 Å². The van der Waals surface area contributed by atoms with Gasteiger partial charge in [-0.3, -0.25) is 15.0 Å². The molecule has 166 valence electrons. The molecule has 0 spiro atoms. The van der Waals surface area contributed by atoms with Gasteiger partial charge < -0.3 is 4.90 Å². The fraction of sp³-hybridized carbons (Fsp3) is 0.714. The van der Waals surface area contributed by atoms with Crippen LogP contribution in [0.15, 0.2) is 23.1 Å². The predicted molar refractivity (Wildman–Crippen MR) is 116 cm³/mol. The third kappa shape index (κ3) is 4.63. The lowest BCUT2D eigenvalue weighted by Crippen LogP contribution is -2.37. The first-order valence-corrected chi connectivity index (χ1v) is 12.6. The molecular weight excluding hydrogens is 404 g/mol. The standard InChI is InChI=1S/C21H32N4O4S/c1-16-5-7-17(8-6-16)22-30(28,29)19-9-10-20(21(14-19)25(26)27)24-13-3-12-23-11-2-4-18(23)15-24/h9-10,14,16-18,22H,2-8,11-13,15H2,1H3.